The van der Waals surface area contributed by atoms with Gasteiger partial charge in [-0.25, -0.2) is 0 Å². The van der Waals surface area contributed by atoms with E-state index in [1.54, 1.807) is 0 Å². The van der Waals surface area contributed by atoms with E-state index in [-0.39, 0.29) is 0 Å². The Morgan fingerprint density at radius 2 is 1.65 bits per heavy atom. The van der Waals surface area contributed by atoms with Crippen molar-refractivity contribution in [2.75, 3.05) is 6.54 Å². The zero-order chi connectivity index (χ0) is 12.7. The Morgan fingerprint density at radius 1 is 1.06 bits per heavy atom. The van der Waals surface area contributed by atoms with Crippen LogP contribution in [0.25, 0.3) is 0 Å². The van der Waals surface area contributed by atoms with Crippen LogP contribution in [-0.4, -0.2) is 6.54 Å². The number of nitrogens with one attached hydrogen (secondary N) is 1. The third-order valence-electron chi connectivity index (χ3n) is 3.36. The van der Waals surface area contributed by atoms with Gasteiger partial charge in [-0.15, -0.1) is 0 Å². The van der Waals surface area contributed by atoms with Gasteiger partial charge in [-0.3, -0.25) is 0 Å². The largest absolute Gasteiger partial charge is 0.310 e. The zero-order valence-electron chi connectivity index (χ0n) is 11.2. The first-order valence-electron chi connectivity index (χ1n) is 6.71. The smallest absolute Gasteiger partial charge is 0.0348 e. The molecular formula is C15H24IN. The van der Waals surface area contributed by atoms with Gasteiger partial charge < -0.3 is 5.32 Å². The Kier molecular flexibility index (Phi) is 7.12. The van der Waals surface area contributed by atoms with Crippen molar-refractivity contribution in [3.63, 3.8) is 0 Å². The molecule has 17 heavy (non-hydrogen) atoms. The summed E-state index contributed by atoms with van der Waals surface area (Å²) < 4.78 is 1.31. The standard InChI is InChI=1S/C15H24IN/c1-4-11-17-15(12(5-2)6-3)13-7-9-14(16)10-8-13/h7-10,12,15,17H,4-6,11H2,1-3H3. The Balaban J connectivity index is 2.84. The molecule has 1 unspecified atom stereocenters. The van der Waals surface area contributed by atoms with Gasteiger partial charge in [-0.1, -0.05) is 45.7 Å². The molecule has 0 saturated carbocycles. The maximum atomic E-state index is 3.70. The maximum Gasteiger partial charge on any atom is 0.0348 e. The molecule has 0 aliphatic heterocycles. The Labute approximate surface area is 120 Å². The molecule has 96 valence electrons. The zero-order valence-corrected chi connectivity index (χ0v) is 13.3. The first-order chi connectivity index (χ1) is 8.22. The lowest BCUT2D eigenvalue weighted by Gasteiger charge is -2.27. The first-order valence-corrected chi connectivity index (χ1v) is 7.79. The lowest BCUT2D eigenvalue weighted by Crippen LogP contribution is -2.28. The molecule has 0 radical (unpaired) electrons. The minimum atomic E-state index is 0.516. The SMILES string of the molecule is CCCNC(c1ccc(I)cc1)C(CC)CC. The van der Waals surface area contributed by atoms with Crippen molar-refractivity contribution >= 4 is 22.6 Å². The molecule has 1 aromatic carbocycles. The predicted molar refractivity (Wildman–Crippen MR) is 84.3 cm³/mol. The molecule has 0 aromatic heterocycles. The van der Waals surface area contributed by atoms with Crippen molar-refractivity contribution in [1.82, 2.24) is 5.32 Å². The summed E-state index contributed by atoms with van der Waals surface area (Å²) in [6.07, 6.45) is 3.68. The average molecular weight is 345 g/mol. The molecule has 1 nitrogen and oxygen atoms in total. The van der Waals surface area contributed by atoms with Crippen LogP contribution in [0.2, 0.25) is 0 Å². The van der Waals surface area contributed by atoms with Crippen molar-refractivity contribution in [3.05, 3.63) is 33.4 Å². The van der Waals surface area contributed by atoms with Crippen molar-refractivity contribution in [1.29, 1.82) is 0 Å². The van der Waals surface area contributed by atoms with Gasteiger partial charge in [-0.2, -0.15) is 0 Å². The first kappa shape index (κ1) is 15.0. The van der Waals surface area contributed by atoms with E-state index in [2.05, 4.69) is 72.9 Å². The fourth-order valence-corrected chi connectivity index (χ4v) is 2.65. The molecule has 0 aliphatic rings. The minimum absolute atomic E-state index is 0.516. The highest BCUT2D eigenvalue weighted by Gasteiger charge is 2.19. The number of hydrogen-bond acceptors (Lipinski definition) is 1. The van der Waals surface area contributed by atoms with Crippen molar-refractivity contribution in [3.8, 4) is 0 Å². The van der Waals surface area contributed by atoms with Gasteiger partial charge in [0.2, 0.25) is 0 Å². The van der Waals surface area contributed by atoms with Gasteiger partial charge in [-0.05, 0) is 59.2 Å². The summed E-state index contributed by atoms with van der Waals surface area (Å²) in [5, 5.41) is 3.70. The van der Waals surface area contributed by atoms with Crippen LogP contribution < -0.4 is 5.32 Å². The van der Waals surface area contributed by atoms with Crippen LogP contribution in [-0.2, 0) is 0 Å². The van der Waals surface area contributed by atoms with Crippen LogP contribution in [0.1, 0.15) is 51.6 Å². The van der Waals surface area contributed by atoms with Gasteiger partial charge >= 0.3 is 0 Å². The third-order valence-corrected chi connectivity index (χ3v) is 4.08. The van der Waals surface area contributed by atoms with Gasteiger partial charge in [0.15, 0.2) is 0 Å². The lowest BCUT2D eigenvalue weighted by atomic mass is 9.89. The molecule has 1 atom stereocenters. The molecule has 1 aromatic rings. The van der Waals surface area contributed by atoms with Crippen LogP contribution in [0.3, 0.4) is 0 Å². The monoisotopic (exact) mass is 345 g/mol. The van der Waals surface area contributed by atoms with Crippen LogP contribution in [0, 0.1) is 9.49 Å². The summed E-state index contributed by atoms with van der Waals surface area (Å²) in [6.45, 7) is 7.92. The molecule has 0 bridgehead atoms. The van der Waals surface area contributed by atoms with E-state index in [4.69, 9.17) is 0 Å². The second kappa shape index (κ2) is 8.09. The lowest BCUT2D eigenvalue weighted by molar-refractivity contribution is 0.341. The van der Waals surface area contributed by atoms with Gasteiger partial charge in [0.05, 0.1) is 0 Å². The number of hydrogen-bond donors (Lipinski definition) is 1. The third kappa shape index (κ3) is 4.59. The molecule has 0 spiro atoms. The molecule has 0 saturated heterocycles. The quantitative estimate of drug-likeness (QED) is 0.702. The van der Waals surface area contributed by atoms with Crippen LogP contribution in [0.5, 0.6) is 0 Å². The predicted octanol–water partition coefficient (Wildman–Crippen LogP) is 4.77. The van der Waals surface area contributed by atoms with E-state index >= 15 is 0 Å². The molecule has 2 heteroatoms. The fourth-order valence-electron chi connectivity index (χ4n) is 2.29. The summed E-state index contributed by atoms with van der Waals surface area (Å²) in [7, 11) is 0. The summed E-state index contributed by atoms with van der Waals surface area (Å²) in [5.74, 6) is 0.738. The van der Waals surface area contributed by atoms with E-state index in [9.17, 15) is 0 Å². The Bertz CT molecular complexity index is 303. The molecule has 0 amide bonds. The molecule has 1 N–H and O–H groups in total. The second-order valence-corrected chi connectivity index (χ2v) is 5.81. The molecule has 1 rings (SSSR count). The highest BCUT2D eigenvalue weighted by atomic mass is 127. The van der Waals surface area contributed by atoms with Gasteiger partial charge in [0.25, 0.3) is 0 Å². The number of halogens is 1. The Morgan fingerprint density at radius 3 is 2.12 bits per heavy atom. The summed E-state index contributed by atoms with van der Waals surface area (Å²) in [4.78, 5) is 0. The second-order valence-electron chi connectivity index (χ2n) is 4.56. The summed E-state index contributed by atoms with van der Waals surface area (Å²) in [6, 6.07) is 9.47. The van der Waals surface area contributed by atoms with Crippen LogP contribution in [0.4, 0.5) is 0 Å². The van der Waals surface area contributed by atoms with E-state index in [0.29, 0.717) is 6.04 Å². The normalized spacial score (nSPS) is 13.0. The number of benzene rings is 1. The number of rotatable bonds is 7. The van der Waals surface area contributed by atoms with Crippen LogP contribution >= 0.6 is 22.6 Å². The van der Waals surface area contributed by atoms with Gasteiger partial charge in [0, 0.05) is 9.61 Å². The van der Waals surface area contributed by atoms with E-state index in [1.807, 2.05) is 0 Å². The molecule has 0 heterocycles. The molecular weight excluding hydrogens is 321 g/mol. The maximum absolute atomic E-state index is 3.70. The summed E-state index contributed by atoms with van der Waals surface area (Å²) >= 11 is 2.36. The summed E-state index contributed by atoms with van der Waals surface area (Å²) in [5.41, 5.74) is 1.44. The van der Waals surface area contributed by atoms with Crippen molar-refractivity contribution < 1.29 is 0 Å². The Hall–Kier alpha value is -0.0900. The van der Waals surface area contributed by atoms with E-state index in [0.717, 1.165) is 12.5 Å². The topological polar surface area (TPSA) is 12.0 Å². The molecule has 0 aliphatic carbocycles. The molecule has 0 fully saturated rings. The minimum Gasteiger partial charge on any atom is -0.310 e. The van der Waals surface area contributed by atoms with Crippen LogP contribution in [0.15, 0.2) is 24.3 Å². The van der Waals surface area contributed by atoms with Crippen molar-refractivity contribution in [2.45, 2.75) is 46.1 Å². The van der Waals surface area contributed by atoms with Gasteiger partial charge in [0.1, 0.15) is 0 Å². The van der Waals surface area contributed by atoms with Crippen molar-refractivity contribution in [2.24, 2.45) is 5.92 Å². The average Bonchev–Trinajstić information content (AvgIpc) is 2.36. The highest BCUT2D eigenvalue weighted by Crippen LogP contribution is 2.27. The fraction of sp³-hybridized carbons (Fsp3) is 0.600. The highest BCUT2D eigenvalue weighted by molar-refractivity contribution is 14.1. The van der Waals surface area contributed by atoms with E-state index < -0.39 is 0 Å². The van der Waals surface area contributed by atoms with E-state index in [1.165, 1.54) is 28.4 Å².